The highest BCUT2D eigenvalue weighted by atomic mass is 16.7. The van der Waals surface area contributed by atoms with Crippen LogP contribution in [0.25, 0.3) is 22.1 Å². The second kappa shape index (κ2) is 9.80. The Morgan fingerprint density at radius 3 is 2.44 bits per heavy atom. The highest BCUT2D eigenvalue weighted by Gasteiger charge is 2.24. The van der Waals surface area contributed by atoms with Gasteiger partial charge in [0.2, 0.25) is 11.2 Å². The molecule has 1 atom stereocenters. The molecule has 0 bridgehead atoms. The van der Waals surface area contributed by atoms with E-state index in [2.05, 4.69) is 0 Å². The summed E-state index contributed by atoms with van der Waals surface area (Å²) in [6, 6.07) is 21.5. The molecule has 0 aliphatic rings. The molecule has 0 radical (unpaired) electrons. The van der Waals surface area contributed by atoms with Crippen LogP contribution in [-0.4, -0.2) is 23.5 Å². The number of fused-ring (bicyclic) bond motifs is 1. The molecule has 3 aromatic carbocycles. The summed E-state index contributed by atoms with van der Waals surface area (Å²) in [5.41, 5.74) is 2.17. The van der Waals surface area contributed by atoms with Gasteiger partial charge in [-0.1, -0.05) is 48.5 Å². The van der Waals surface area contributed by atoms with E-state index in [4.69, 9.17) is 18.6 Å². The molecule has 0 amide bonds. The van der Waals surface area contributed by atoms with E-state index in [1.807, 2.05) is 30.3 Å². The number of carbonyl (C=O) groups excluding carboxylic acids is 1. The van der Waals surface area contributed by atoms with E-state index >= 15 is 0 Å². The average molecular weight is 460 g/mol. The lowest BCUT2D eigenvalue weighted by Gasteiger charge is -2.24. The minimum atomic E-state index is -1.69. The number of carbonyl (C=O) groups is 1. The molecule has 1 N–H and O–H groups in total. The normalized spacial score (nSPS) is 12.7. The van der Waals surface area contributed by atoms with Crippen molar-refractivity contribution in [3.05, 3.63) is 94.8 Å². The van der Waals surface area contributed by atoms with Gasteiger partial charge in [0, 0.05) is 13.8 Å². The summed E-state index contributed by atoms with van der Waals surface area (Å²) in [6.07, 6.45) is 1.42. The van der Waals surface area contributed by atoms with Crippen molar-refractivity contribution in [3.63, 3.8) is 0 Å². The van der Waals surface area contributed by atoms with Gasteiger partial charge < -0.3 is 23.7 Å². The number of benzene rings is 3. The SMILES string of the molecule is CC(=O)OCC(C)(O)Oc1ccc(-c2coc3cccc(OCc4ccccc4)c3c2=O)cc1. The lowest BCUT2D eigenvalue weighted by atomic mass is 10.0. The summed E-state index contributed by atoms with van der Waals surface area (Å²) in [4.78, 5) is 24.3. The van der Waals surface area contributed by atoms with Crippen molar-refractivity contribution in [1.29, 1.82) is 0 Å². The Hall–Kier alpha value is -4.10. The molecule has 1 unspecified atom stereocenters. The Labute approximate surface area is 196 Å². The zero-order chi connectivity index (χ0) is 24.1. The largest absolute Gasteiger partial charge is 0.488 e. The van der Waals surface area contributed by atoms with Crippen molar-refractivity contribution >= 4 is 16.9 Å². The van der Waals surface area contributed by atoms with Crippen LogP contribution in [0.3, 0.4) is 0 Å². The van der Waals surface area contributed by atoms with Crippen LogP contribution in [0.4, 0.5) is 0 Å². The molecule has 7 heteroatoms. The minimum absolute atomic E-state index is 0.222. The third-order valence-corrected chi connectivity index (χ3v) is 5.05. The van der Waals surface area contributed by atoms with Crippen LogP contribution in [0.2, 0.25) is 0 Å². The van der Waals surface area contributed by atoms with Gasteiger partial charge in [-0.3, -0.25) is 9.59 Å². The first kappa shape index (κ1) is 23.1. The summed E-state index contributed by atoms with van der Waals surface area (Å²) in [5, 5.41) is 10.6. The fourth-order valence-corrected chi connectivity index (χ4v) is 3.42. The van der Waals surface area contributed by atoms with Crippen molar-refractivity contribution in [2.24, 2.45) is 0 Å². The maximum Gasteiger partial charge on any atom is 0.302 e. The average Bonchev–Trinajstić information content (AvgIpc) is 2.83. The number of rotatable bonds is 8. The third-order valence-electron chi connectivity index (χ3n) is 5.05. The van der Waals surface area contributed by atoms with Gasteiger partial charge >= 0.3 is 5.97 Å². The van der Waals surface area contributed by atoms with E-state index in [1.54, 1.807) is 42.5 Å². The second-order valence-electron chi connectivity index (χ2n) is 7.96. The molecule has 174 valence electrons. The van der Waals surface area contributed by atoms with Crippen LogP contribution < -0.4 is 14.9 Å². The smallest absolute Gasteiger partial charge is 0.302 e. The maximum absolute atomic E-state index is 13.4. The molecule has 34 heavy (non-hydrogen) atoms. The zero-order valence-corrected chi connectivity index (χ0v) is 18.8. The quantitative estimate of drug-likeness (QED) is 0.301. The molecule has 4 aromatic rings. The first-order valence-electron chi connectivity index (χ1n) is 10.7. The van der Waals surface area contributed by atoms with Crippen LogP contribution in [-0.2, 0) is 16.1 Å². The zero-order valence-electron chi connectivity index (χ0n) is 18.8. The van der Waals surface area contributed by atoms with E-state index in [9.17, 15) is 14.7 Å². The lowest BCUT2D eigenvalue weighted by Crippen LogP contribution is -2.38. The molecule has 0 aliphatic carbocycles. The van der Waals surface area contributed by atoms with E-state index in [-0.39, 0.29) is 12.0 Å². The van der Waals surface area contributed by atoms with Crippen LogP contribution in [0, 0.1) is 0 Å². The van der Waals surface area contributed by atoms with Gasteiger partial charge in [0.15, 0.2) is 6.61 Å². The van der Waals surface area contributed by atoms with Gasteiger partial charge in [-0.25, -0.2) is 0 Å². The summed E-state index contributed by atoms with van der Waals surface area (Å²) in [5.74, 6) is -1.43. The first-order chi connectivity index (χ1) is 16.3. The van der Waals surface area contributed by atoms with Crippen LogP contribution in [0.5, 0.6) is 11.5 Å². The van der Waals surface area contributed by atoms with Gasteiger partial charge in [0.1, 0.15) is 35.3 Å². The number of hydrogen-bond donors (Lipinski definition) is 1. The van der Waals surface area contributed by atoms with Crippen molar-refractivity contribution in [3.8, 4) is 22.6 Å². The minimum Gasteiger partial charge on any atom is -0.488 e. The van der Waals surface area contributed by atoms with E-state index in [0.717, 1.165) is 5.56 Å². The Morgan fingerprint density at radius 1 is 1.00 bits per heavy atom. The summed E-state index contributed by atoms with van der Waals surface area (Å²) < 4.78 is 22.0. The maximum atomic E-state index is 13.4. The van der Waals surface area contributed by atoms with Gasteiger partial charge in [-0.15, -0.1) is 0 Å². The van der Waals surface area contributed by atoms with Crippen LogP contribution >= 0.6 is 0 Å². The molecule has 0 spiro atoms. The molecule has 0 fully saturated rings. The van der Waals surface area contributed by atoms with E-state index in [1.165, 1.54) is 20.1 Å². The Balaban J connectivity index is 1.59. The van der Waals surface area contributed by atoms with Crippen molar-refractivity contribution in [2.75, 3.05) is 6.61 Å². The predicted molar refractivity (Wildman–Crippen MR) is 127 cm³/mol. The lowest BCUT2D eigenvalue weighted by molar-refractivity contribution is -0.178. The fourth-order valence-electron chi connectivity index (χ4n) is 3.42. The van der Waals surface area contributed by atoms with Gasteiger partial charge in [0.05, 0.1) is 5.56 Å². The Bertz CT molecular complexity index is 1340. The monoisotopic (exact) mass is 460 g/mol. The van der Waals surface area contributed by atoms with E-state index < -0.39 is 11.8 Å². The number of hydrogen-bond acceptors (Lipinski definition) is 7. The molecule has 1 aromatic heterocycles. The highest BCUT2D eigenvalue weighted by molar-refractivity contribution is 5.87. The summed E-state index contributed by atoms with van der Waals surface area (Å²) >= 11 is 0. The second-order valence-corrected chi connectivity index (χ2v) is 7.96. The van der Waals surface area contributed by atoms with Gasteiger partial charge in [-0.05, 0) is 35.4 Å². The van der Waals surface area contributed by atoms with Crippen molar-refractivity contribution in [2.45, 2.75) is 26.2 Å². The molecule has 0 saturated carbocycles. The molecule has 1 heterocycles. The fraction of sp³-hybridized carbons (Fsp3) is 0.185. The summed E-state index contributed by atoms with van der Waals surface area (Å²) in [6.45, 7) is 2.64. The third kappa shape index (κ3) is 5.44. The van der Waals surface area contributed by atoms with Crippen molar-refractivity contribution in [1.82, 2.24) is 0 Å². The first-order valence-corrected chi connectivity index (χ1v) is 10.7. The Morgan fingerprint density at radius 2 is 1.74 bits per heavy atom. The van der Waals surface area contributed by atoms with Crippen LogP contribution in [0.1, 0.15) is 19.4 Å². The standard InChI is InChI=1S/C27H24O7/c1-18(28)33-17-27(2,30)34-21-13-11-20(12-14-21)22-16-32-24-10-6-9-23(25(24)26(22)29)31-15-19-7-4-3-5-8-19/h3-14,16,30H,15,17H2,1-2H3. The Kier molecular flexibility index (Phi) is 6.65. The number of aliphatic hydroxyl groups is 1. The number of esters is 1. The predicted octanol–water partition coefficient (Wildman–Crippen LogP) is 4.69. The highest BCUT2D eigenvalue weighted by Crippen LogP contribution is 2.28. The van der Waals surface area contributed by atoms with Crippen LogP contribution in [0.15, 0.2) is 88.3 Å². The number of ether oxygens (including phenoxy) is 3. The molecule has 0 saturated heterocycles. The summed E-state index contributed by atoms with van der Waals surface area (Å²) in [7, 11) is 0. The molecular formula is C27H24O7. The molecular weight excluding hydrogens is 436 g/mol. The van der Waals surface area contributed by atoms with Gasteiger partial charge in [-0.2, -0.15) is 0 Å². The van der Waals surface area contributed by atoms with E-state index in [0.29, 0.717) is 40.2 Å². The molecule has 4 rings (SSSR count). The molecule has 7 nitrogen and oxygen atoms in total. The van der Waals surface area contributed by atoms with Gasteiger partial charge in [0.25, 0.3) is 0 Å². The van der Waals surface area contributed by atoms with Crippen molar-refractivity contribution < 1.29 is 28.5 Å². The topological polar surface area (TPSA) is 95.2 Å². The molecule has 0 aliphatic heterocycles.